The van der Waals surface area contributed by atoms with Crippen molar-refractivity contribution in [2.75, 3.05) is 25.7 Å². The van der Waals surface area contributed by atoms with Gasteiger partial charge in [-0.2, -0.15) is 0 Å². The van der Waals surface area contributed by atoms with Crippen molar-refractivity contribution in [1.82, 2.24) is 10.6 Å². The van der Waals surface area contributed by atoms with E-state index in [4.69, 9.17) is 4.74 Å². The first kappa shape index (κ1) is 23.6. The highest BCUT2D eigenvalue weighted by molar-refractivity contribution is 7.90. The molecule has 2 amide bonds. The number of benzene rings is 1. The second-order valence-electron chi connectivity index (χ2n) is 7.55. The molecule has 0 aliphatic rings. The summed E-state index contributed by atoms with van der Waals surface area (Å²) >= 11 is 0. The Kier molecular flexibility index (Phi) is 8.16. The van der Waals surface area contributed by atoms with Crippen LogP contribution in [0.4, 0.5) is 0 Å². The van der Waals surface area contributed by atoms with E-state index in [-0.39, 0.29) is 17.6 Å². The minimum Gasteiger partial charge on any atom is -0.454 e. The van der Waals surface area contributed by atoms with Gasteiger partial charge in [0.25, 0.3) is 11.8 Å². The Morgan fingerprint density at radius 2 is 1.68 bits per heavy atom. The van der Waals surface area contributed by atoms with Crippen LogP contribution in [0.15, 0.2) is 24.3 Å². The number of hydrogen-bond acceptors (Lipinski definition) is 6. The number of amides is 2. The van der Waals surface area contributed by atoms with E-state index in [2.05, 4.69) is 10.6 Å². The number of hydrogen-bond donors (Lipinski definition) is 2. The Labute approximate surface area is 165 Å². The van der Waals surface area contributed by atoms with Crippen LogP contribution in [-0.4, -0.2) is 57.9 Å². The second-order valence-corrected chi connectivity index (χ2v) is 9.81. The average molecular weight is 413 g/mol. The molecular weight excluding hydrogens is 384 g/mol. The molecule has 0 spiro atoms. The highest BCUT2D eigenvalue weighted by Crippen LogP contribution is 2.22. The number of ether oxygens (including phenoxy) is 1. The monoisotopic (exact) mass is 412 g/mol. The normalized spacial score (nSPS) is 12.8. The van der Waals surface area contributed by atoms with E-state index in [0.717, 1.165) is 11.8 Å². The fourth-order valence-corrected chi connectivity index (χ4v) is 2.92. The predicted octanol–water partition coefficient (Wildman–Crippen LogP) is 0.806. The first-order valence-corrected chi connectivity index (χ1v) is 10.9. The zero-order valence-electron chi connectivity index (χ0n) is 16.9. The Bertz CT molecular complexity index is 810. The van der Waals surface area contributed by atoms with Crippen molar-refractivity contribution in [3.05, 3.63) is 35.4 Å². The van der Waals surface area contributed by atoms with Gasteiger partial charge in [-0.15, -0.1) is 0 Å². The maximum Gasteiger partial charge on any atom is 0.329 e. The topological polar surface area (TPSA) is 119 Å². The molecule has 0 unspecified atom stereocenters. The zero-order chi connectivity index (χ0) is 21.5. The van der Waals surface area contributed by atoms with Gasteiger partial charge in [-0.25, -0.2) is 13.2 Å². The summed E-state index contributed by atoms with van der Waals surface area (Å²) in [6.07, 6.45) is 0.879. The van der Waals surface area contributed by atoms with Gasteiger partial charge in [-0.3, -0.25) is 9.59 Å². The third-order valence-corrected chi connectivity index (χ3v) is 4.98. The number of nitrogens with one attached hydrogen (secondary N) is 2. The highest BCUT2D eigenvalue weighted by atomic mass is 32.2. The molecule has 1 rings (SSSR count). The van der Waals surface area contributed by atoms with Gasteiger partial charge in [0.15, 0.2) is 6.61 Å². The van der Waals surface area contributed by atoms with Crippen molar-refractivity contribution < 1.29 is 27.5 Å². The molecule has 9 heteroatoms. The molecule has 1 atom stereocenters. The molecule has 0 aliphatic heterocycles. The molecule has 0 saturated heterocycles. The largest absolute Gasteiger partial charge is 0.454 e. The lowest BCUT2D eigenvalue weighted by Crippen LogP contribution is -2.43. The maximum atomic E-state index is 12.5. The Morgan fingerprint density at radius 1 is 1.11 bits per heavy atom. The average Bonchev–Trinajstić information content (AvgIpc) is 2.61. The second kappa shape index (κ2) is 9.68. The fraction of sp³-hybridized carbons (Fsp3) is 0.526. The summed E-state index contributed by atoms with van der Waals surface area (Å²) in [5.41, 5.74) is 1.30. The third-order valence-electron chi connectivity index (χ3n) is 4.00. The minimum absolute atomic E-state index is 0.0727. The smallest absolute Gasteiger partial charge is 0.329 e. The van der Waals surface area contributed by atoms with Crippen molar-refractivity contribution in [1.29, 1.82) is 0 Å². The Morgan fingerprint density at radius 3 is 2.14 bits per heavy atom. The van der Waals surface area contributed by atoms with E-state index >= 15 is 0 Å². The van der Waals surface area contributed by atoms with Crippen LogP contribution in [0.3, 0.4) is 0 Å². The van der Waals surface area contributed by atoms with Gasteiger partial charge in [0.1, 0.15) is 15.9 Å². The quantitative estimate of drug-likeness (QED) is 0.610. The van der Waals surface area contributed by atoms with Gasteiger partial charge in [0.05, 0.1) is 5.75 Å². The third kappa shape index (κ3) is 8.08. The maximum absolute atomic E-state index is 12.5. The van der Waals surface area contributed by atoms with E-state index in [1.807, 2.05) is 32.9 Å². The van der Waals surface area contributed by atoms with Crippen molar-refractivity contribution in [2.24, 2.45) is 0 Å². The number of sulfone groups is 1. The number of carbonyl (C=O) groups is 3. The fourth-order valence-electron chi connectivity index (χ4n) is 2.25. The lowest BCUT2D eigenvalue weighted by molar-refractivity contribution is -0.150. The van der Waals surface area contributed by atoms with Crippen molar-refractivity contribution in [3.63, 3.8) is 0 Å². The van der Waals surface area contributed by atoms with Crippen LogP contribution >= 0.6 is 0 Å². The highest BCUT2D eigenvalue weighted by Gasteiger charge is 2.25. The van der Waals surface area contributed by atoms with Gasteiger partial charge in [-0.05, 0) is 29.5 Å². The molecule has 0 saturated carbocycles. The standard InChI is InChI=1S/C19H28N2O6S/c1-19(2,3)14-8-6-13(7-9-14)17(23)21-15(10-11-28(5,25)26)18(24)27-12-16(22)20-4/h6-9,15H,10-12H2,1-5H3,(H,20,22)(H,21,23)/t15-/m0/s1. The lowest BCUT2D eigenvalue weighted by atomic mass is 9.86. The summed E-state index contributed by atoms with van der Waals surface area (Å²) in [5.74, 6) is -2.22. The van der Waals surface area contributed by atoms with E-state index in [1.165, 1.54) is 7.05 Å². The molecule has 2 N–H and O–H groups in total. The summed E-state index contributed by atoms with van der Waals surface area (Å²) in [5, 5.41) is 4.80. The predicted molar refractivity (Wildman–Crippen MR) is 106 cm³/mol. The van der Waals surface area contributed by atoms with Crippen LogP contribution in [0.25, 0.3) is 0 Å². The molecule has 1 aromatic carbocycles. The number of rotatable bonds is 8. The molecule has 1 aromatic rings. The number of likely N-dealkylation sites (N-methyl/N-ethyl adjacent to an activating group) is 1. The van der Waals surface area contributed by atoms with E-state index in [9.17, 15) is 22.8 Å². The first-order chi connectivity index (χ1) is 12.8. The van der Waals surface area contributed by atoms with Gasteiger partial charge >= 0.3 is 5.97 Å². The molecule has 0 aliphatic carbocycles. The molecular formula is C19H28N2O6S. The van der Waals surface area contributed by atoms with Crippen molar-refractivity contribution in [3.8, 4) is 0 Å². The molecule has 0 fully saturated rings. The SMILES string of the molecule is CNC(=O)COC(=O)[C@H](CCS(C)(=O)=O)NC(=O)c1ccc(C(C)(C)C)cc1. The number of carbonyl (C=O) groups excluding carboxylic acids is 3. The molecule has 0 bridgehead atoms. The summed E-state index contributed by atoms with van der Waals surface area (Å²) in [4.78, 5) is 36.0. The molecule has 0 radical (unpaired) electrons. The van der Waals surface area contributed by atoms with Crippen molar-refractivity contribution in [2.45, 2.75) is 38.6 Å². The Hall–Kier alpha value is -2.42. The lowest BCUT2D eigenvalue weighted by Gasteiger charge is -2.20. The van der Waals surface area contributed by atoms with Crippen LogP contribution < -0.4 is 10.6 Å². The van der Waals surface area contributed by atoms with Gasteiger partial charge in [-0.1, -0.05) is 32.9 Å². The van der Waals surface area contributed by atoms with Gasteiger partial charge in [0.2, 0.25) is 0 Å². The molecule has 156 valence electrons. The van der Waals surface area contributed by atoms with Crippen LogP contribution in [0.5, 0.6) is 0 Å². The van der Waals surface area contributed by atoms with Crippen LogP contribution in [0, 0.1) is 0 Å². The molecule has 0 aromatic heterocycles. The van der Waals surface area contributed by atoms with Crippen LogP contribution in [0.1, 0.15) is 43.1 Å². The summed E-state index contributed by atoms with van der Waals surface area (Å²) in [7, 11) is -1.96. The Balaban J connectivity index is 2.89. The molecule has 28 heavy (non-hydrogen) atoms. The van der Waals surface area contributed by atoms with Crippen LogP contribution in [0.2, 0.25) is 0 Å². The zero-order valence-corrected chi connectivity index (χ0v) is 17.7. The van der Waals surface area contributed by atoms with Gasteiger partial charge < -0.3 is 15.4 Å². The summed E-state index contributed by atoms with van der Waals surface area (Å²) < 4.78 is 27.7. The van der Waals surface area contributed by atoms with Gasteiger partial charge in [0, 0.05) is 18.9 Å². The number of esters is 1. The van der Waals surface area contributed by atoms with E-state index in [1.54, 1.807) is 12.1 Å². The van der Waals surface area contributed by atoms with Crippen LogP contribution in [-0.2, 0) is 29.6 Å². The summed E-state index contributed by atoms with van der Waals surface area (Å²) in [6.45, 7) is 5.63. The minimum atomic E-state index is -3.35. The first-order valence-electron chi connectivity index (χ1n) is 8.80. The van der Waals surface area contributed by atoms with Crippen molar-refractivity contribution >= 4 is 27.6 Å². The summed E-state index contributed by atoms with van der Waals surface area (Å²) in [6, 6.07) is 5.74. The van der Waals surface area contributed by atoms with E-state index < -0.39 is 40.3 Å². The molecule has 0 heterocycles. The van der Waals surface area contributed by atoms with E-state index in [0.29, 0.717) is 5.56 Å². The molecule has 8 nitrogen and oxygen atoms in total.